The molecule has 3 aromatic rings. The summed E-state index contributed by atoms with van der Waals surface area (Å²) >= 11 is 0. The van der Waals surface area contributed by atoms with E-state index in [1.54, 1.807) is 0 Å². The Hall–Kier alpha value is -2.55. The Kier molecular flexibility index (Phi) is 3.45. The maximum absolute atomic E-state index is 12.9. The predicted molar refractivity (Wildman–Crippen MR) is 98.6 cm³/mol. The van der Waals surface area contributed by atoms with Crippen molar-refractivity contribution in [2.24, 2.45) is 7.05 Å². The van der Waals surface area contributed by atoms with Gasteiger partial charge in [-0.25, -0.2) is 0 Å². The molecule has 2 heterocycles. The third-order valence-electron chi connectivity index (χ3n) is 5.30. The molecule has 3 heteroatoms. The smallest absolute Gasteiger partial charge is 0.258 e. The summed E-state index contributed by atoms with van der Waals surface area (Å²) in [7, 11) is 2.04. The fourth-order valence-corrected chi connectivity index (χ4v) is 3.51. The Morgan fingerprint density at radius 3 is 2.75 bits per heavy atom. The molecule has 1 aromatic heterocycles. The summed E-state index contributed by atoms with van der Waals surface area (Å²) in [5.74, 6) is 0.600. The number of rotatable bonds is 3. The fourth-order valence-electron chi connectivity index (χ4n) is 3.51. The van der Waals surface area contributed by atoms with Gasteiger partial charge >= 0.3 is 0 Å². The zero-order valence-corrected chi connectivity index (χ0v) is 14.4. The Labute approximate surface area is 142 Å². The van der Waals surface area contributed by atoms with Gasteiger partial charge in [-0.2, -0.15) is 0 Å². The van der Waals surface area contributed by atoms with Gasteiger partial charge in [0.15, 0.2) is 0 Å². The number of amides is 1. The van der Waals surface area contributed by atoms with Crippen molar-refractivity contribution in [3.63, 3.8) is 0 Å². The van der Waals surface area contributed by atoms with Crippen LogP contribution in [0.2, 0.25) is 0 Å². The summed E-state index contributed by atoms with van der Waals surface area (Å²) in [5, 5.41) is 1.17. The zero-order chi connectivity index (χ0) is 16.8. The number of aryl methyl sites for hydroxylation is 1. The second-order valence-corrected chi connectivity index (χ2v) is 6.79. The maximum Gasteiger partial charge on any atom is 0.258 e. The van der Waals surface area contributed by atoms with E-state index < -0.39 is 0 Å². The lowest BCUT2D eigenvalue weighted by molar-refractivity contribution is 0.0996. The highest BCUT2D eigenvalue weighted by atomic mass is 16.2. The van der Waals surface area contributed by atoms with Crippen molar-refractivity contribution >= 4 is 22.5 Å². The van der Waals surface area contributed by atoms with Crippen LogP contribution in [-0.2, 0) is 13.6 Å². The first kappa shape index (κ1) is 15.0. The third-order valence-corrected chi connectivity index (χ3v) is 5.30. The second kappa shape index (κ2) is 5.52. The number of hydrogen-bond acceptors (Lipinski definition) is 1. The van der Waals surface area contributed by atoms with E-state index in [0.29, 0.717) is 12.5 Å². The average Bonchev–Trinajstić information content (AvgIpc) is 3.14. The first-order chi connectivity index (χ1) is 11.6. The summed E-state index contributed by atoms with van der Waals surface area (Å²) in [6, 6.07) is 14.7. The number of aromatic nitrogens is 1. The molecule has 2 aromatic carbocycles. The molecule has 1 aliphatic rings. The topological polar surface area (TPSA) is 25.2 Å². The van der Waals surface area contributed by atoms with Crippen LogP contribution in [0.15, 0.2) is 48.7 Å². The summed E-state index contributed by atoms with van der Waals surface area (Å²) < 4.78 is 2.10. The maximum atomic E-state index is 12.9. The Bertz CT molecular complexity index is 938. The molecule has 0 N–H and O–H groups in total. The molecule has 1 aliphatic heterocycles. The standard InChI is InChI=1S/C21H22N2O/c1-4-14(2)15-5-6-17-13-23(21(24)19(17)12-15)18-7-8-20-16(11-18)9-10-22(20)3/h5-12,14H,4,13H2,1-3H3. The van der Waals surface area contributed by atoms with Gasteiger partial charge in [-0.3, -0.25) is 4.79 Å². The van der Waals surface area contributed by atoms with Crippen molar-refractivity contribution in [2.45, 2.75) is 32.7 Å². The highest BCUT2D eigenvalue weighted by Gasteiger charge is 2.29. The molecule has 1 unspecified atom stereocenters. The van der Waals surface area contributed by atoms with Crippen LogP contribution in [-0.4, -0.2) is 10.5 Å². The number of carbonyl (C=O) groups is 1. The van der Waals surface area contributed by atoms with Crippen LogP contribution >= 0.6 is 0 Å². The van der Waals surface area contributed by atoms with Crippen molar-refractivity contribution in [1.82, 2.24) is 4.57 Å². The van der Waals surface area contributed by atoms with Gasteiger partial charge < -0.3 is 9.47 Å². The van der Waals surface area contributed by atoms with Gasteiger partial charge in [-0.1, -0.05) is 26.0 Å². The van der Waals surface area contributed by atoms with Crippen LogP contribution in [0.5, 0.6) is 0 Å². The van der Waals surface area contributed by atoms with Crippen LogP contribution in [0.4, 0.5) is 5.69 Å². The second-order valence-electron chi connectivity index (χ2n) is 6.79. The van der Waals surface area contributed by atoms with Crippen molar-refractivity contribution in [3.05, 3.63) is 65.4 Å². The SMILES string of the molecule is CCC(C)c1ccc2c(c1)C(=O)N(c1ccc3c(ccn3C)c1)C2. The van der Waals surface area contributed by atoms with Crippen LogP contribution in [0.1, 0.15) is 47.7 Å². The predicted octanol–water partition coefficient (Wildman–Crippen LogP) is 4.85. The fraction of sp³-hybridized carbons (Fsp3) is 0.286. The number of anilines is 1. The van der Waals surface area contributed by atoms with Gasteiger partial charge in [0.2, 0.25) is 0 Å². The summed E-state index contributed by atoms with van der Waals surface area (Å²) in [6.45, 7) is 5.05. The molecular formula is C21H22N2O. The lowest BCUT2D eigenvalue weighted by Crippen LogP contribution is -2.22. The van der Waals surface area contributed by atoms with Crippen LogP contribution < -0.4 is 4.90 Å². The van der Waals surface area contributed by atoms with E-state index in [4.69, 9.17) is 0 Å². The van der Waals surface area contributed by atoms with Crippen molar-refractivity contribution in [3.8, 4) is 0 Å². The molecule has 0 bridgehead atoms. The summed E-state index contributed by atoms with van der Waals surface area (Å²) in [6.07, 6.45) is 3.13. The first-order valence-corrected chi connectivity index (χ1v) is 8.58. The quantitative estimate of drug-likeness (QED) is 0.677. The van der Waals surface area contributed by atoms with Gasteiger partial charge in [0.1, 0.15) is 0 Å². The van der Waals surface area contributed by atoms with E-state index in [2.05, 4.69) is 54.8 Å². The van der Waals surface area contributed by atoms with E-state index in [1.807, 2.05) is 24.2 Å². The van der Waals surface area contributed by atoms with Gasteiger partial charge in [0.05, 0.1) is 6.54 Å². The highest BCUT2D eigenvalue weighted by molar-refractivity contribution is 6.10. The minimum Gasteiger partial charge on any atom is -0.351 e. The van der Waals surface area contributed by atoms with Crippen LogP contribution in [0.25, 0.3) is 10.9 Å². The molecule has 3 nitrogen and oxygen atoms in total. The Balaban J connectivity index is 1.71. The van der Waals surface area contributed by atoms with Gasteiger partial charge in [-0.15, -0.1) is 0 Å². The Morgan fingerprint density at radius 1 is 1.12 bits per heavy atom. The number of nitrogens with zero attached hydrogens (tertiary/aromatic N) is 2. The lowest BCUT2D eigenvalue weighted by Gasteiger charge is -2.16. The molecule has 4 rings (SSSR count). The number of hydrogen-bond donors (Lipinski definition) is 0. The van der Waals surface area contributed by atoms with Crippen LogP contribution in [0.3, 0.4) is 0 Å². The molecular weight excluding hydrogens is 296 g/mol. The van der Waals surface area contributed by atoms with E-state index in [9.17, 15) is 4.79 Å². The van der Waals surface area contributed by atoms with Gasteiger partial charge in [0, 0.05) is 35.4 Å². The molecule has 1 atom stereocenters. The first-order valence-electron chi connectivity index (χ1n) is 8.58. The van der Waals surface area contributed by atoms with Crippen LogP contribution in [0, 0.1) is 0 Å². The molecule has 122 valence electrons. The average molecular weight is 318 g/mol. The molecule has 0 fully saturated rings. The lowest BCUT2D eigenvalue weighted by atomic mass is 9.95. The number of carbonyl (C=O) groups excluding carboxylic acids is 1. The molecule has 0 saturated carbocycles. The summed E-state index contributed by atoms with van der Waals surface area (Å²) in [5.41, 5.74) is 5.40. The number of fused-ring (bicyclic) bond motifs is 2. The molecule has 0 spiro atoms. The normalized spacial score (nSPS) is 15.1. The highest BCUT2D eigenvalue weighted by Crippen LogP contribution is 2.32. The molecule has 0 saturated heterocycles. The van der Waals surface area contributed by atoms with Gasteiger partial charge in [-0.05, 0) is 53.8 Å². The monoisotopic (exact) mass is 318 g/mol. The molecule has 24 heavy (non-hydrogen) atoms. The minimum atomic E-state index is 0.116. The summed E-state index contributed by atoms with van der Waals surface area (Å²) in [4.78, 5) is 14.8. The van der Waals surface area contributed by atoms with E-state index in [0.717, 1.165) is 23.2 Å². The number of benzene rings is 2. The molecule has 0 aliphatic carbocycles. The van der Waals surface area contributed by atoms with Crippen molar-refractivity contribution < 1.29 is 4.79 Å². The largest absolute Gasteiger partial charge is 0.351 e. The Morgan fingerprint density at radius 2 is 1.96 bits per heavy atom. The van der Waals surface area contributed by atoms with Gasteiger partial charge in [0.25, 0.3) is 5.91 Å². The minimum absolute atomic E-state index is 0.116. The molecule has 1 amide bonds. The molecule has 0 radical (unpaired) electrons. The third kappa shape index (κ3) is 2.23. The van der Waals surface area contributed by atoms with Crippen molar-refractivity contribution in [2.75, 3.05) is 4.90 Å². The van der Waals surface area contributed by atoms with E-state index >= 15 is 0 Å². The van der Waals surface area contributed by atoms with E-state index in [-0.39, 0.29) is 5.91 Å². The van der Waals surface area contributed by atoms with Crippen molar-refractivity contribution in [1.29, 1.82) is 0 Å². The van der Waals surface area contributed by atoms with E-state index in [1.165, 1.54) is 16.5 Å². The zero-order valence-electron chi connectivity index (χ0n) is 14.4.